The SMILES string of the molecule is COC(=O)Cn1cc(-c2ccccc2)n2c3ccc(C)cc3nc12. The molecule has 0 aliphatic carbocycles. The number of hydrogen-bond acceptors (Lipinski definition) is 3. The van der Waals surface area contributed by atoms with Gasteiger partial charge in [-0.05, 0) is 24.6 Å². The van der Waals surface area contributed by atoms with Crippen molar-refractivity contribution in [3.8, 4) is 11.3 Å². The lowest BCUT2D eigenvalue weighted by Gasteiger charge is -2.01. The second kappa shape index (κ2) is 5.53. The number of aryl methyl sites for hydroxylation is 1. The lowest BCUT2D eigenvalue weighted by Crippen LogP contribution is -2.10. The summed E-state index contributed by atoms with van der Waals surface area (Å²) in [4.78, 5) is 16.5. The highest BCUT2D eigenvalue weighted by atomic mass is 16.5. The number of nitrogens with zero attached hydrogens (tertiary/aromatic N) is 3. The van der Waals surface area contributed by atoms with Gasteiger partial charge in [-0.15, -0.1) is 0 Å². The van der Waals surface area contributed by atoms with E-state index in [-0.39, 0.29) is 12.5 Å². The average Bonchev–Trinajstić information content (AvgIpc) is 3.13. The minimum Gasteiger partial charge on any atom is -0.468 e. The Morgan fingerprint density at radius 1 is 1.17 bits per heavy atom. The van der Waals surface area contributed by atoms with Crippen LogP contribution in [0.25, 0.3) is 28.1 Å². The maximum atomic E-state index is 11.8. The van der Waals surface area contributed by atoms with Gasteiger partial charge < -0.3 is 9.30 Å². The van der Waals surface area contributed by atoms with Gasteiger partial charge in [-0.25, -0.2) is 4.98 Å². The van der Waals surface area contributed by atoms with Crippen LogP contribution < -0.4 is 0 Å². The molecule has 2 aromatic carbocycles. The van der Waals surface area contributed by atoms with E-state index in [9.17, 15) is 4.79 Å². The lowest BCUT2D eigenvalue weighted by molar-refractivity contribution is -0.141. The van der Waals surface area contributed by atoms with Crippen LogP contribution in [0.3, 0.4) is 0 Å². The second-order valence-electron chi connectivity index (χ2n) is 5.82. The van der Waals surface area contributed by atoms with Gasteiger partial charge in [-0.1, -0.05) is 36.4 Å². The molecule has 0 bridgehead atoms. The van der Waals surface area contributed by atoms with Gasteiger partial charge in [0.15, 0.2) is 0 Å². The molecule has 0 spiro atoms. The minimum absolute atomic E-state index is 0.134. The first-order valence-corrected chi connectivity index (χ1v) is 7.77. The zero-order chi connectivity index (χ0) is 16.7. The van der Waals surface area contributed by atoms with Gasteiger partial charge in [0.25, 0.3) is 0 Å². The topological polar surface area (TPSA) is 48.5 Å². The van der Waals surface area contributed by atoms with Crippen molar-refractivity contribution in [2.75, 3.05) is 7.11 Å². The summed E-state index contributed by atoms with van der Waals surface area (Å²) in [7, 11) is 1.40. The number of carbonyl (C=O) groups excluding carboxylic acids is 1. The molecule has 24 heavy (non-hydrogen) atoms. The third-order valence-corrected chi connectivity index (χ3v) is 4.16. The molecule has 4 aromatic rings. The van der Waals surface area contributed by atoms with Gasteiger partial charge in [-0.3, -0.25) is 9.20 Å². The monoisotopic (exact) mass is 319 g/mol. The highest BCUT2D eigenvalue weighted by Gasteiger charge is 2.17. The normalized spacial score (nSPS) is 11.2. The largest absolute Gasteiger partial charge is 0.468 e. The van der Waals surface area contributed by atoms with Crippen molar-refractivity contribution in [1.82, 2.24) is 14.0 Å². The van der Waals surface area contributed by atoms with Crippen molar-refractivity contribution in [2.24, 2.45) is 0 Å². The van der Waals surface area contributed by atoms with E-state index in [1.165, 1.54) is 7.11 Å². The van der Waals surface area contributed by atoms with Crippen LogP contribution in [0.5, 0.6) is 0 Å². The molecule has 2 aromatic heterocycles. The Labute approximate surface area is 139 Å². The molecule has 0 radical (unpaired) electrons. The standard InChI is InChI=1S/C19H17N3O2/c1-13-8-9-16-15(10-13)20-19-21(12-18(23)24-2)11-17(22(16)19)14-6-4-3-5-7-14/h3-11H,12H2,1-2H3. The Balaban J connectivity index is 2.03. The Hall–Kier alpha value is -3.08. The van der Waals surface area contributed by atoms with Gasteiger partial charge in [0.2, 0.25) is 5.78 Å². The summed E-state index contributed by atoms with van der Waals surface area (Å²) in [5.74, 6) is 0.440. The summed E-state index contributed by atoms with van der Waals surface area (Å²) in [6.07, 6.45) is 1.95. The Kier molecular flexibility index (Phi) is 3.34. The predicted molar refractivity (Wildman–Crippen MR) is 92.9 cm³/mol. The molecule has 2 heterocycles. The molecule has 0 N–H and O–H groups in total. The smallest absolute Gasteiger partial charge is 0.325 e. The van der Waals surface area contributed by atoms with Crippen LogP contribution >= 0.6 is 0 Å². The van der Waals surface area contributed by atoms with Gasteiger partial charge in [-0.2, -0.15) is 0 Å². The fraction of sp³-hybridized carbons (Fsp3) is 0.158. The zero-order valence-corrected chi connectivity index (χ0v) is 13.6. The molecular weight excluding hydrogens is 302 g/mol. The number of ether oxygens (including phenoxy) is 1. The van der Waals surface area contributed by atoms with Crippen LogP contribution in [-0.2, 0) is 16.1 Å². The summed E-state index contributed by atoms with van der Waals surface area (Å²) in [5.41, 5.74) is 5.18. The quantitative estimate of drug-likeness (QED) is 0.544. The molecule has 0 amide bonds. The van der Waals surface area contributed by atoms with Crippen molar-refractivity contribution >= 4 is 22.8 Å². The van der Waals surface area contributed by atoms with E-state index in [0.29, 0.717) is 0 Å². The van der Waals surface area contributed by atoms with E-state index in [1.807, 2.05) is 35.9 Å². The van der Waals surface area contributed by atoms with E-state index < -0.39 is 0 Å². The molecule has 0 saturated carbocycles. The fourth-order valence-electron chi connectivity index (χ4n) is 3.00. The van der Waals surface area contributed by atoms with Crippen molar-refractivity contribution in [1.29, 1.82) is 0 Å². The van der Waals surface area contributed by atoms with Gasteiger partial charge >= 0.3 is 5.97 Å². The number of methoxy groups -OCH3 is 1. The Morgan fingerprint density at radius 3 is 2.71 bits per heavy atom. The zero-order valence-electron chi connectivity index (χ0n) is 13.6. The van der Waals surface area contributed by atoms with Crippen molar-refractivity contribution in [3.63, 3.8) is 0 Å². The number of benzene rings is 2. The lowest BCUT2D eigenvalue weighted by atomic mass is 10.1. The number of hydrogen-bond donors (Lipinski definition) is 0. The number of aromatic nitrogens is 3. The first-order valence-electron chi connectivity index (χ1n) is 7.77. The highest BCUT2D eigenvalue weighted by molar-refractivity contribution is 5.84. The Morgan fingerprint density at radius 2 is 1.96 bits per heavy atom. The average molecular weight is 319 g/mol. The van der Waals surface area contributed by atoms with Gasteiger partial charge in [0.1, 0.15) is 6.54 Å². The molecule has 0 aliphatic rings. The van der Waals surface area contributed by atoms with Crippen molar-refractivity contribution < 1.29 is 9.53 Å². The number of carbonyl (C=O) groups is 1. The molecule has 4 rings (SSSR count). The molecule has 5 heteroatoms. The van der Waals surface area contributed by atoms with Crippen LogP contribution in [-0.4, -0.2) is 27.0 Å². The predicted octanol–water partition coefficient (Wildman–Crippen LogP) is 3.44. The number of esters is 1. The van der Waals surface area contributed by atoms with Crippen LogP contribution in [0.15, 0.2) is 54.7 Å². The van der Waals surface area contributed by atoms with E-state index in [1.54, 1.807) is 0 Å². The number of fused-ring (bicyclic) bond motifs is 3. The van der Waals surface area contributed by atoms with E-state index in [0.717, 1.165) is 33.6 Å². The first kappa shape index (κ1) is 14.5. The molecule has 120 valence electrons. The summed E-state index contributed by atoms with van der Waals surface area (Å²) in [5, 5.41) is 0. The molecule has 0 atom stereocenters. The summed E-state index contributed by atoms with van der Waals surface area (Å²) in [6, 6.07) is 16.3. The third-order valence-electron chi connectivity index (χ3n) is 4.16. The van der Waals surface area contributed by atoms with Crippen LogP contribution in [0.1, 0.15) is 5.56 Å². The van der Waals surface area contributed by atoms with Crippen molar-refractivity contribution in [3.05, 3.63) is 60.3 Å². The molecular formula is C19H17N3O2. The fourth-order valence-corrected chi connectivity index (χ4v) is 3.00. The van der Waals surface area contributed by atoms with Crippen LogP contribution in [0.4, 0.5) is 0 Å². The highest BCUT2D eigenvalue weighted by Crippen LogP contribution is 2.27. The van der Waals surface area contributed by atoms with Gasteiger partial charge in [0.05, 0.1) is 23.8 Å². The first-order chi connectivity index (χ1) is 11.7. The maximum absolute atomic E-state index is 11.8. The number of rotatable bonds is 3. The maximum Gasteiger partial charge on any atom is 0.325 e. The van der Waals surface area contributed by atoms with E-state index in [4.69, 9.17) is 9.72 Å². The summed E-state index contributed by atoms with van der Waals surface area (Å²) < 4.78 is 8.74. The van der Waals surface area contributed by atoms with Gasteiger partial charge in [0, 0.05) is 11.8 Å². The molecule has 0 unspecified atom stereocenters. The Bertz CT molecular complexity index is 1040. The molecule has 0 aliphatic heterocycles. The van der Waals surface area contributed by atoms with Crippen LogP contribution in [0, 0.1) is 6.92 Å². The van der Waals surface area contributed by atoms with Crippen molar-refractivity contribution in [2.45, 2.75) is 13.5 Å². The molecule has 0 saturated heterocycles. The van der Waals surface area contributed by atoms with Crippen LogP contribution in [0.2, 0.25) is 0 Å². The minimum atomic E-state index is -0.296. The number of imidazole rings is 2. The summed E-state index contributed by atoms with van der Waals surface area (Å²) in [6.45, 7) is 2.18. The third kappa shape index (κ3) is 2.25. The van der Waals surface area contributed by atoms with E-state index in [2.05, 4.69) is 34.7 Å². The molecule has 0 fully saturated rings. The second-order valence-corrected chi connectivity index (χ2v) is 5.82. The summed E-state index contributed by atoms with van der Waals surface area (Å²) >= 11 is 0. The molecule has 5 nitrogen and oxygen atoms in total. The van der Waals surface area contributed by atoms with E-state index >= 15 is 0 Å².